The average molecular weight is 111 g/mol. The molecule has 2 N–H and O–H groups in total. The third kappa shape index (κ3) is 0.576. The van der Waals surface area contributed by atoms with Gasteiger partial charge in [-0.3, -0.25) is 0 Å². The third-order valence-electron chi connectivity index (χ3n) is 2.61. The first-order valence-electron chi connectivity index (χ1n) is 3.54. The average Bonchev–Trinajstić information content (AvgIpc) is 2.47. The van der Waals surface area contributed by atoms with Gasteiger partial charge in [0.1, 0.15) is 0 Å². The molecule has 0 aromatic carbocycles. The quantitative estimate of drug-likeness (QED) is 0.536. The molecule has 0 aromatic heterocycles. The van der Waals surface area contributed by atoms with Crippen molar-refractivity contribution < 1.29 is 0 Å². The molecule has 2 aliphatic carbocycles. The molecule has 0 bridgehead atoms. The molecule has 0 amide bonds. The standard InChI is InChI=1S/C7H13N/c1-4-2-5(4)6-3-7(6)8/h4-7H,2-3,8H2,1H3/t4-,5+,6+,7-/m1/s1. The van der Waals surface area contributed by atoms with E-state index in [1.807, 2.05) is 0 Å². The maximum Gasteiger partial charge on any atom is 0.00738 e. The molecule has 1 nitrogen and oxygen atoms in total. The van der Waals surface area contributed by atoms with E-state index in [0.29, 0.717) is 6.04 Å². The van der Waals surface area contributed by atoms with Gasteiger partial charge in [-0.15, -0.1) is 0 Å². The van der Waals surface area contributed by atoms with Crippen LogP contribution in [0.3, 0.4) is 0 Å². The largest absolute Gasteiger partial charge is 0.327 e. The lowest BCUT2D eigenvalue weighted by Gasteiger charge is -1.87. The highest BCUT2D eigenvalue weighted by atomic mass is 14.8. The van der Waals surface area contributed by atoms with Crippen LogP contribution in [-0.2, 0) is 0 Å². The molecule has 0 aromatic rings. The Morgan fingerprint density at radius 3 is 1.88 bits per heavy atom. The van der Waals surface area contributed by atoms with Crippen LogP contribution >= 0.6 is 0 Å². The summed E-state index contributed by atoms with van der Waals surface area (Å²) in [4.78, 5) is 0. The Morgan fingerprint density at radius 2 is 1.75 bits per heavy atom. The monoisotopic (exact) mass is 111 g/mol. The highest BCUT2D eigenvalue weighted by molar-refractivity contribution is 5.02. The molecule has 0 unspecified atom stereocenters. The van der Waals surface area contributed by atoms with Gasteiger partial charge >= 0.3 is 0 Å². The van der Waals surface area contributed by atoms with Gasteiger partial charge in [0, 0.05) is 6.04 Å². The molecule has 46 valence electrons. The summed E-state index contributed by atoms with van der Waals surface area (Å²) in [6.45, 7) is 2.33. The van der Waals surface area contributed by atoms with Gasteiger partial charge in [0.15, 0.2) is 0 Å². The topological polar surface area (TPSA) is 26.0 Å². The lowest BCUT2D eigenvalue weighted by atomic mass is 10.2. The van der Waals surface area contributed by atoms with Crippen LogP contribution in [-0.4, -0.2) is 6.04 Å². The first-order chi connectivity index (χ1) is 3.79. The Kier molecular flexibility index (Phi) is 0.762. The number of hydrogen-bond donors (Lipinski definition) is 1. The van der Waals surface area contributed by atoms with E-state index in [1.165, 1.54) is 12.8 Å². The predicted octanol–water partition coefficient (Wildman–Crippen LogP) is 0.990. The Bertz CT molecular complexity index is 97.0. The van der Waals surface area contributed by atoms with E-state index in [2.05, 4.69) is 6.92 Å². The van der Waals surface area contributed by atoms with Crippen molar-refractivity contribution >= 4 is 0 Å². The van der Waals surface area contributed by atoms with Gasteiger partial charge in [-0.1, -0.05) is 6.92 Å². The lowest BCUT2D eigenvalue weighted by molar-refractivity contribution is 0.636. The third-order valence-corrected chi connectivity index (χ3v) is 2.61. The van der Waals surface area contributed by atoms with Crippen LogP contribution in [0, 0.1) is 17.8 Å². The predicted molar refractivity (Wildman–Crippen MR) is 33.4 cm³/mol. The smallest absolute Gasteiger partial charge is 0.00738 e. The molecule has 0 heterocycles. The highest BCUT2D eigenvalue weighted by Gasteiger charge is 2.49. The minimum Gasteiger partial charge on any atom is -0.327 e. The van der Waals surface area contributed by atoms with Gasteiger partial charge in [-0.25, -0.2) is 0 Å². The SMILES string of the molecule is C[C@@H]1C[C@@H]1[C@@H]1C[C@H]1N. The Morgan fingerprint density at radius 1 is 1.25 bits per heavy atom. The summed E-state index contributed by atoms with van der Waals surface area (Å²) in [7, 11) is 0. The number of rotatable bonds is 1. The second-order valence-corrected chi connectivity index (χ2v) is 3.44. The molecular formula is C7H13N. The summed E-state index contributed by atoms with van der Waals surface area (Å²) in [5.41, 5.74) is 5.67. The Balaban J connectivity index is 1.86. The van der Waals surface area contributed by atoms with Crippen LogP contribution in [0.15, 0.2) is 0 Å². The molecule has 0 saturated heterocycles. The molecule has 2 saturated carbocycles. The fourth-order valence-corrected chi connectivity index (χ4v) is 1.68. The molecule has 0 radical (unpaired) electrons. The van der Waals surface area contributed by atoms with Crippen LogP contribution in [0.2, 0.25) is 0 Å². The second kappa shape index (κ2) is 1.27. The highest BCUT2D eigenvalue weighted by Crippen LogP contribution is 2.53. The van der Waals surface area contributed by atoms with Crippen LogP contribution in [0.25, 0.3) is 0 Å². The van der Waals surface area contributed by atoms with E-state index < -0.39 is 0 Å². The summed E-state index contributed by atoms with van der Waals surface area (Å²) in [5, 5.41) is 0. The first-order valence-corrected chi connectivity index (χ1v) is 3.54. The van der Waals surface area contributed by atoms with Gasteiger partial charge in [0.25, 0.3) is 0 Å². The zero-order valence-electron chi connectivity index (χ0n) is 5.30. The molecule has 2 fully saturated rings. The van der Waals surface area contributed by atoms with Crippen molar-refractivity contribution in [2.24, 2.45) is 23.5 Å². The van der Waals surface area contributed by atoms with Crippen molar-refractivity contribution in [3.05, 3.63) is 0 Å². The van der Waals surface area contributed by atoms with Crippen molar-refractivity contribution in [3.63, 3.8) is 0 Å². The summed E-state index contributed by atoms with van der Waals surface area (Å²) >= 11 is 0. The summed E-state index contributed by atoms with van der Waals surface area (Å²) in [5.74, 6) is 2.98. The van der Waals surface area contributed by atoms with E-state index in [9.17, 15) is 0 Å². The maximum atomic E-state index is 5.67. The fourth-order valence-electron chi connectivity index (χ4n) is 1.68. The van der Waals surface area contributed by atoms with Crippen LogP contribution < -0.4 is 5.73 Å². The van der Waals surface area contributed by atoms with Gasteiger partial charge in [0.05, 0.1) is 0 Å². The molecule has 4 atom stereocenters. The van der Waals surface area contributed by atoms with Crippen molar-refractivity contribution in [2.45, 2.75) is 25.8 Å². The van der Waals surface area contributed by atoms with Crippen molar-refractivity contribution in [1.82, 2.24) is 0 Å². The molecular weight excluding hydrogens is 98.1 g/mol. The summed E-state index contributed by atoms with van der Waals surface area (Å²) in [6.07, 6.45) is 2.77. The summed E-state index contributed by atoms with van der Waals surface area (Å²) < 4.78 is 0. The molecule has 2 aliphatic rings. The summed E-state index contributed by atoms with van der Waals surface area (Å²) in [6, 6.07) is 0.588. The van der Waals surface area contributed by atoms with Crippen molar-refractivity contribution in [2.75, 3.05) is 0 Å². The Hall–Kier alpha value is -0.0400. The van der Waals surface area contributed by atoms with Gasteiger partial charge in [-0.2, -0.15) is 0 Å². The van der Waals surface area contributed by atoms with E-state index in [0.717, 1.165) is 17.8 Å². The zero-order chi connectivity index (χ0) is 5.72. The van der Waals surface area contributed by atoms with Crippen molar-refractivity contribution in [1.29, 1.82) is 0 Å². The van der Waals surface area contributed by atoms with E-state index in [4.69, 9.17) is 5.73 Å². The van der Waals surface area contributed by atoms with Crippen LogP contribution in [0.5, 0.6) is 0 Å². The van der Waals surface area contributed by atoms with Gasteiger partial charge in [-0.05, 0) is 30.6 Å². The fraction of sp³-hybridized carbons (Fsp3) is 1.00. The number of nitrogens with two attached hydrogens (primary N) is 1. The van der Waals surface area contributed by atoms with E-state index in [1.54, 1.807) is 0 Å². The Labute approximate surface area is 50.3 Å². The number of hydrogen-bond acceptors (Lipinski definition) is 1. The van der Waals surface area contributed by atoms with Gasteiger partial charge in [0.2, 0.25) is 0 Å². The minimum absolute atomic E-state index is 0.588. The maximum absolute atomic E-state index is 5.67. The van der Waals surface area contributed by atoms with Crippen molar-refractivity contribution in [3.8, 4) is 0 Å². The first kappa shape index (κ1) is 4.80. The molecule has 8 heavy (non-hydrogen) atoms. The molecule has 0 spiro atoms. The van der Waals surface area contributed by atoms with Crippen LogP contribution in [0.1, 0.15) is 19.8 Å². The van der Waals surface area contributed by atoms with Crippen LogP contribution in [0.4, 0.5) is 0 Å². The lowest BCUT2D eigenvalue weighted by Crippen LogP contribution is -2.02. The minimum atomic E-state index is 0.588. The van der Waals surface area contributed by atoms with Gasteiger partial charge < -0.3 is 5.73 Å². The second-order valence-electron chi connectivity index (χ2n) is 3.44. The molecule has 1 heteroatoms. The van der Waals surface area contributed by atoms with E-state index >= 15 is 0 Å². The normalized spacial score (nSPS) is 60.8. The van der Waals surface area contributed by atoms with E-state index in [-0.39, 0.29) is 0 Å². The molecule has 2 rings (SSSR count). The zero-order valence-corrected chi connectivity index (χ0v) is 5.30. The molecule has 0 aliphatic heterocycles.